The van der Waals surface area contributed by atoms with Gasteiger partial charge in [0.25, 0.3) is 5.91 Å². The van der Waals surface area contributed by atoms with Gasteiger partial charge in [-0.05, 0) is 50.3 Å². The number of carbonyl (C=O) groups excluding carboxylic acids is 1. The Morgan fingerprint density at radius 1 is 1.09 bits per heavy atom. The van der Waals surface area contributed by atoms with Gasteiger partial charge in [0.15, 0.2) is 16.6 Å². The number of ether oxygens (including phenoxy) is 2. The molecule has 0 bridgehead atoms. The molecular formula is C23H27ClFN3O3S. The Labute approximate surface area is 197 Å². The van der Waals surface area contributed by atoms with Gasteiger partial charge in [-0.2, -0.15) is 0 Å². The van der Waals surface area contributed by atoms with Crippen LogP contribution in [0.3, 0.4) is 0 Å². The van der Waals surface area contributed by atoms with Crippen LogP contribution in [0.4, 0.5) is 9.52 Å². The number of likely N-dealkylation sites (N-methyl/N-ethyl adjacent to an activating group) is 1. The highest BCUT2D eigenvalue weighted by Gasteiger charge is 2.38. The smallest absolute Gasteiger partial charge is 0.273 e. The first-order chi connectivity index (χ1) is 15.0. The summed E-state index contributed by atoms with van der Waals surface area (Å²) in [5.74, 6) is 0.643. The van der Waals surface area contributed by atoms with Crippen molar-refractivity contribution in [3.8, 4) is 11.5 Å². The van der Waals surface area contributed by atoms with Crippen LogP contribution < -0.4 is 14.4 Å². The molecule has 0 fully saturated rings. The maximum absolute atomic E-state index is 13.7. The molecule has 9 heteroatoms. The van der Waals surface area contributed by atoms with Gasteiger partial charge < -0.3 is 14.4 Å². The molecule has 32 heavy (non-hydrogen) atoms. The third-order valence-corrected chi connectivity index (χ3v) is 6.50. The van der Waals surface area contributed by atoms with Crippen molar-refractivity contribution >= 4 is 45.0 Å². The summed E-state index contributed by atoms with van der Waals surface area (Å²) in [6.45, 7) is 8.93. The van der Waals surface area contributed by atoms with E-state index < -0.39 is 12.2 Å². The van der Waals surface area contributed by atoms with Crippen LogP contribution in [0.15, 0.2) is 42.5 Å². The van der Waals surface area contributed by atoms with Crippen LogP contribution in [-0.2, 0) is 4.79 Å². The first-order valence-corrected chi connectivity index (χ1v) is 11.3. The Hall–Kier alpha value is -2.42. The van der Waals surface area contributed by atoms with Crippen molar-refractivity contribution in [3.63, 3.8) is 0 Å². The summed E-state index contributed by atoms with van der Waals surface area (Å²) in [6, 6.07) is 11.8. The number of para-hydroxylation sites is 2. The Morgan fingerprint density at radius 3 is 2.47 bits per heavy atom. The number of hydrogen-bond donors (Lipinski definition) is 0. The summed E-state index contributed by atoms with van der Waals surface area (Å²) in [6.07, 6.45) is -1.25. The molecule has 0 spiro atoms. The van der Waals surface area contributed by atoms with Crippen molar-refractivity contribution in [2.45, 2.75) is 33.0 Å². The van der Waals surface area contributed by atoms with Gasteiger partial charge in [0.1, 0.15) is 11.9 Å². The fourth-order valence-electron chi connectivity index (χ4n) is 3.63. The summed E-state index contributed by atoms with van der Waals surface area (Å²) >= 11 is 1.30. The van der Waals surface area contributed by atoms with Gasteiger partial charge in [-0.1, -0.05) is 37.3 Å². The van der Waals surface area contributed by atoms with Crippen molar-refractivity contribution in [2.75, 3.05) is 31.1 Å². The number of aromatic nitrogens is 1. The molecule has 1 aromatic heterocycles. The fraction of sp³-hybridized carbons (Fsp3) is 0.391. The van der Waals surface area contributed by atoms with E-state index in [1.807, 2.05) is 25.1 Å². The van der Waals surface area contributed by atoms with E-state index in [1.54, 1.807) is 17.0 Å². The number of anilines is 1. The molecular weight excluding hydrogens is 453 g/mol. The standard InChI is InChI=1S/C23H26FN3O3S.ClH/c1-4-26(5-2)12-13-27(23-25-17-11-10-16(24)14-20(17)31-23)22(28)21-15(3)29-18-8-6-7-9-19(18)30-21;/h6-11,14-15,21H,4-5,12-13H2,1-3H3;1H. The molecule has 3 aromatic rings. The largest absolute Gasteiger partial charge is 0.482 e. The van der Waals surface area contributed by atoms with Crippen LogP contribution in [0.5, 0.6) is 11.5 Å². The minimum atomic E-state index is -0.796. The average Bonchev–Trinajstić information content (AvgIpc) is 3.18. The van der Waals surface area contributed by atoms with E-state index in [2.05, 4.69) is 23.7 Å². The third-order valence-electron chi connectivity index (χ3n) is 5.46. The quantitative estimate of drug-likeness (QED) is 0.489. The van der Waals surface area contributed by atoms with E-state index in [9.17, 15) is 9.18 Å². The number of hydrogen-bond acceptors (Lipinski definition) is 6. The van der Waals surface area contributed by atoms with E-state index in [1.165, 1.54) is 23.5 Å². The second-order valence-electron chi connectivity index (χ2n) is 7.43. The minimum absolute atomic E-state index is 0. The highest BCUT2D eigenvalue weighted by Crippen LogP contribution is 2.35. The summed E-state index contributed by atoms with van der Waals surface area (Å²) < 4.78 is 26.4. The monoisotopic (exact) mass is 479 g/mol. The molecule has 4 rings (SSSR count). The lowest BCUT2D eigenvalue weighted by Gasteiger charge is -2.34. The number of amides is 1. The lowest BCUT2D eigenvalue weighted by molar-refractivity contribution is -0.130. The number of benzene rings is 2. The molecule has 0 N–H and O–H groups in total. The maximum Gasteiger partial charge on any atom is 0.273 e. The van der Waals surface area contributed by atoms with Crippen molar-refractivity contribution in [1.29, 1.82) is 0 Å². The number of nitrogens with zero attached hydrogens (tertiary/aromatic N) is 3. The van der Waals surface area contributed by atoms with Crippen LogP contribution in [0.2, 0.25) is 0 Å². The fourth-order valence-corrected chi connectivity index (χ4v) is 4.65. The number of thiazole rings is 1. The molecule has 6 nitrogen and oxygen atoms in total. The molecule has 2 atom stereocenters. The molecule has 2 aromatic carbocycles. The van der Waals surface area contributed by atoms with Gasteiger partial charge in [-0.3, -0.25) is 9.69 Å². The highest BCUT2D eigenvalue weighted by molar-refractivity contribution is 7.22. The molecule has 0 saturated carbocycles. The van der Waals surface area contributed by atoms with Crippen LogP contribution in [0.25, 0.3) is 10.2 Å². The average molecular weight is 480 g/mol. The van der Waals surface area contributed by atoms with E-state index in [0.29, 0.717) is 39.9 Å². The van der Waals surface area contributed by atoms with Crippen LogP contribution in [-0.4, -0.2) is 54.2 Å². The minimum Gasteiger partial charge on any atom is -0.482 e. The van der Waals surface area contributed by atoms with Crippen molar-refractivity contribution in [3.05, 3.63) is 48.3 Å². The van der Waals surface area contributed by atoms with Crippen LogP contribution >= 0.6 is 23.7 Å². The second-order valence-corrected chi connectivity index (χ2v) is 8.44. The SMILES string of the molecule is CCN(CC)CCN(C(=O)C1Oc2ccccc2OC1C)c1nc2ccc(F)cc2s1.Cl. The molecule has 0 radical (unpaired) electrons. The van der Waals surface area contributed by atoms with E-state index in [0.717, 1.165) is 13.1 Å². The van der Waals surface area contributed by atoms with E-state index in [-0.39, 0.29) is 24.1 Å². The second kappa shape index (κ2) is 10.5. The van der Waals surface area contributed by atoms with Crippen LogP contribution in [0, 0.1) is 5.82 Å². The predicted molar refractivity (Wildman–Crippen MR) is 128 cm³/mol. The van der Waals surface area contributed by atoms with Gasteiger partial charge in [0.2, 0.25) is 6.10 Å². The van der Waals surface area contributed by atoms with Gasteiger partial charge in [-0.25, -0.2) is 9.37 Å². The first-order valence-electron chi connectivity index (χ1n) is 10.5. The molecule has 1 amide bonds. The molecule has 2 unspecified atom stereocenters. The normalized spacial score (nSPS) is 17.3. The Balaban J connectivity index is 0.00000289. The van der Waals surface area contributed by atoms with Gasteiger partial charge in [0, 0.05) is 13.1 Å². The lowest BCUT2D eigenvalue weighted by atomic mass is 10.1. The number of carbonyl (C=O) groups is 1. The summed E-state index contributed by atoms with van der Waals surface area (Å²) in [4.78, 5) is 22.2. The summed E-state index contributed by atoms with van der Waals surface area (Å²) in [5.41, 5.74) is 0.668. The molecule has 1 aliphatic heterocycles. The molecule has 0 aliphatic carbocycles. The maximum atomic E-state index is 13.7. The zero-order chi connectivity index (χ0) is 22.0. The zero-order valence-corrected chi connectivity index (χ0v) is 19.9. The topological polar surface area (TPSA) is 54.9 Å². The van der Waals surface area contributed by atoms with E-state index in [4.69, 9.17) is 9.47 Å². The number of fused-ring (bicyclic) bond motifs is 2. The predicted octanol–water partition coefficient (Wildman–Crippen LogP) is 4.76. The number of halogens is 2. The van der Waals surface area contributed by atoms with Gasteiger partial charge in [0.05, 0.1) is 10.2 Å². The Kier molecular flexibility index (Phi) is 7.92. The highest BCUT2D eigenvalue weighted by atomic mass is 35.5. The molecule has 0 saturated heterocycles. The lowest BCUT2D eigenvalue weighted by Crippen LogP contribution is -2.52. The van der Waals surface area contributed by atoms with Gasteiger partial charge >= 0.3 is 0 Å². The molecule has 1 aliphatic rings. The molecule has 2 heterocycles. The van der Waals surface area contributed by atoms with Crippen molar-refractivity contribution < 1.29 is 18.7 Å². The van der Waals surface area contributed by atoms with Gasteiger partial charge in [-0.15, -0.1) is 12.4 Å². The Morgan fingerprint density at radius 2 is 1.78 bits per heavy atom. The summed E-state index contributed by atoms with van der Waals surface area (Å²) in [5, 5.41) is 0.535. The zero-order valence-electron chi connectivity index (χ0n) is 18.3. The first kappa shape index (κ1) is 24.2. The summed E-state index contributed by atoms with van der Waals surface area (Å²) in [7, 11) is 0. The third kappa shape index (κ3) is 4.98. The van der Waals surface area contributed by atoms with Crippen molar-refractivity contribution in [1.82, 2.24) is 9.88 Å². The molecule has 172 valence electrons. The number of rotatable bonds is 7. The van der Waals surface area contributed by atoms with Crippen molar-refractivity contribution in [2.24, 2.45) is 0 Å². The van der Waals surface area contributed by atoms with E-state index >= 15 is 0 Å². The van der Waals surface area contributed by atoms with Crippen LogP contribution in [0.1, 0.15) is 20.8 Å². The Bertz CT molecular complexity index is 1080.